The Morgan fingerprint density at radius 3 is 3.16 bits per heavy atom. The van der Waals surface area contributed by atoms with E-state index >= 15 is 0 Å². The number of nitrogens with zero attached hydrogens (tertiary/aromatic N) is 5. The zero-order chi connectivity index (χ0) is 17.2. The van der Waals surface area contributed by atoms with E-state index in [9.17, 15) is 4.79 Å². The van der Waals surface area contributed by atoms with Gasteiger partial charge in [0.25, 0.3) is 5.91 Å². The lowest BCUT2D eigenvalue weighted by Crippen LogP contribution is -2.31. The summed E-state index contributed by atoms with van der Waals surface area (Å²) < 4.78 is 1.64. The lowest BCUT2D eigenvalue weighted by Gasteiger charge is -2.15. The monoisotopic (exact) mass is 339 g/mol. The van der Waals surface area contributed by atoms with Crippen LogP contribution in [0.5, 0.6) is 0 Å². The second-order valence-electron chi connectivity index (χ2n) is 6.63. The van der Waals surface area contributed by atoms with Crippen LogP contribution in [0.15, 0.2) is 31.1 Å². The largest absolute Gasteiger partial charge is 0.352 e. The molecule has 0 spiro atoms. The Bertz CT molecular complexity index is 870. The number of nitrogens with one attached hydrogen (secondary N) is 2. The predicted molar refractivity (Wildman–Crippen MR) is 92.0 cm³/mol. The van der Waals surface area contributed by atoms with E-state index in [1.807, 2.05) is 19.3 Å². The van der Waals surface area contributed by atoms with Crippen LogP contribution in [-0.2, 0) is 6.54 Å². The van der Waals surface area contributed by atoms with Gasteiger partial charge in [-0.1, -0.05) is 0 Å². The summed E-state index contributed by atoms with van der Waals surface area (Å²) in [5, 5.41) is 7.24. The first-order chi connectivity index (χ1) is 12.2. The summed E-state index contributed by atoms with van der Waals surface area (Å²) in [5.41, 5.74) is 3.24. The lowest BCUT2D eigenvalue weighted by molar-refractivity contribution is 0.0948. The predicted octanol–water partition coefficient (Wildman–Crippen LogP) is 1.01. The molecule has 3 aromatic rings. The summed E-state index contributed by atoms with van der Waals surface area (Å²) in [5.74, 6) is 0.349. The molecular formula is C17H21N7O. The summed E-state index contributed by atoms with van der Waals surface area (Å²) in [4.78, 5) is 26.3. The number of amides is 1. The molecule has 130 valence electrons. The molecule has 0 unspecified atom stereocenters. The Morgan fingerprint density at radius 1 is 1.40 bits per heavy atom. The Hall–Kier alpha value is -2.74. The minimum Gasteiger partial charge on any atom is -0.352 e. The average Bonchev–Trinajstić information content (AvgIpc) is 3.33. The molecule has 25 heavy (non-hydrogen) atoms. The van der Waals surface area contributed by atoms with Gasteiger partial charge in [-0.05, 0) is 31.4 Å². The molecular weight excluding hydrogens is 318 g/mol. The van der Waals surface area contributed by atoms with Crippen LogP contribution in [0, 0.1) is 12.8 Å². The van der Waals surface area contributed by atoms with Gasteiger partial charge < -0.3 is 10.3 Å². The van der Waals surface area contributed by atoms with Gasteiger partial charge in [-0.3, -0.25) is 9.69 Å². The number of likely N-dealkylation sites (tertiary alicyclic amines) is 1. The number of hydrogen-bond donors (Lipinski definition) is 2. The summed E-state index contributed by atoms with van der Waals surface area (Å²) in [6, 6.07) is 0. The van der Waals surface area contributed by atoms with Crippen molar-refractivity contribution in [3.63, 3.8) is 0 Å². The molecule has 0 aliphatic carbocycles. The quantitative estimate of drug-likeness (QED) is 0.724. The van der Waals surface area contributed by atoms with E-state index in [0.717, 1.165) is 37.3 Å². The van der Waals surface area contributed by atoms with Gasteiger partial charge in [-0.2, -0.15) is 5.10 Å². The maximum absolute atomic E-state index is 12.5. The van der Waals surface area contributed by atoms with Gasteiger partial charge in [0.05, 0.1) is 12.5 Å². The highest BCUT2D eigenvalue weighted by atomic mass is 16.1. The fourth-order valence-electron chi connectivity index (χ4n) is 3.30. The first-order valence-electron chi connectivity index (χ1n) is 8.47. The molecule has 2 N–H and O–H groups in total. The van der Waals surface area contributed by atoms with Crippen LogP contribution in [0.2, 0.25) is 0 Å². The summed E-state index contributed by atoms with van der Waals surface area (Å²) in [6.07, 6.45) is 9.84. The summed E-state index contributed by atoms with van der Waals surface area (Å²) in [6.45, 7) is 5.51. The summed E-state index contributed by atoms with van der Waals surface area (Å²) >= 11 is 0. The van der Waals surface area contributed by atoms with Crippen LogP contribution in [0.4, 0.5) is 0 Å². The highest BCUT2D eigenvalue weighted by molar-refractivity contribution is 5.99. The first-order valence-corrected chi connectivity index (χ1v) is 8.47. The molecule has 1 saturated heterocycles. The first kappa shape index (κ1) is 15.8. The third-order valence-electron chi connectivity index (χ3n) is 4.60. The molecule has 1 aliphatic rings. The van der Waals surface area contributed by atoms with Crippen molar-refractivity contribution >= 4 is 11.6 Å². The van der Waals surface area contributed by atoms with Crippen molar-refractivity contribution in [3.05, 3.63) is 47.9 Å². The van der Waals surface area contributed by atoms with Crippen LogP contribution in [0.1, 0.15) is 28.0 Å². The van der Waals surface area contributed by atoms with Gasteiger partial charge >= 0.3 is 0 Å². The molecule has 4 rings (SSSR count). The van der Waals surface area contributed by atoms with Crippen molar-refractivity contribution in [1.29, 1.82) is 0 Å². The molecule has 4 heterocycles. The van der Waals surface area contributed by atoms with Crippen molar-refractivity contribution in [2.45, 2.75) is 19.9 Å². The third kappa shape index (κ3) is 3.39. The van der Waals surface area contributed by atoms with Crippen molar-refractivity contribution in [2.24, 2.45) is 5.92 Å². The van der Waals surface area contributed by atoms with Crippen molar-refractivity contribution in [1.82, 2.24) is 34.8 Å². The molecule has 8 nitrogen and oxygen atoms in total. The van der Waals surface area contributed by atoms with E-state index in [1.165, 1.54) is 0 Å². The number of aromatic amines is 1. The smallest absolute Gasteiger partial charge is 0.256 e. The van der Waals surface area contributed by atoms with Gasteiger partial charge in [0.2, 0.25) is 0 Å². The van der Waals surface area contributed by atoms with Crippen LogP contribution in [0.25, 0.3) is 5.65 Å². The fourth-order valence-corrected chi connectivity index (χ4v) is 3.30. The SMILES string of the molecule is Cc1cnc2c(C(=O)NC[C@@H]3CCN(Cc4cnc[nH]4)C3)cnn2c1. The van der Waals surface area contributed by atoms with Crippen LogP contribution >= 0.6 is 0 Å². The highest BCUT2D eigenvalue weighted by Crippen LogP contribution is 2.17. The Labute approximate surface area is 145 Å². The van der Waals surface area contributed by atoms with Gasteiger partial charge in [-0.15, -0.1) is 0 Å². The van der Waals surface area contributed by atoms with Crippen molar-refractivity contribution in [3.8, 4) is 0 Å². The zero-order valence-corrected chi connectivity index (χ0v) is 14.1. The standard InChI is InChI=1S/C17H21N7O/c1-12-4-19-16-15(7-22-24(16)8-12)17(25)20-5-13-2-3-23(9-13)10-14-6-18-11-21-14/h4,6-8,11,13H,2-3,5,9-10H2,1H3,(H,18,21)(H,20,25)/t13-/m0/s1. The molecule has 8 heteroatoms. The van der Waals surface area contributed by atoms with E-state index in [4.69, 9.17) is 0 Å². The fraction of sp³-hybridized carbons (Fsp3) is 0.412. The normalized spacial score (nSPS) is 18.0. The van der Waals surface area contributed by atoms with Gasteiger partial charge in [0, 0.05) is 43.9 Å². The molecule has 1 amide bonds. The van der Waals surface area contributed by atoms with E-state index in [2.05, 4.69) is 30.3 Å². The molecule has 1 aliphatic heterocycles. The maximum Gasteiger partial charge on any atom is 0.256 e. The van der Waals surface area contributed by atoms with Crippen LogP contribution in [-0.4, -0.2) is 55.0 Å². The van der Waals surface area contributed by atoms with Crippen molar-refractivity contribution < 1.29 is 4.79 Å². The van der Waals surface area contributed by atoms with E-state index in [1.54, 1.807) is 23.2 Å². The van der Waals surface area contributed by atoms with E-state index in [-0.39, 0.29) is 5.91 Å². The minimum atomic E-state index is -0.113. The number of aryl methyl sites for hydroxylation is 1. The number of carbonyl (C=O) groups is 1. The molecule has 1 atom stereocenters. The second kappa shape index (κ2) is 6.64. The maximum atomic E-state index is 12.5. The molecule has 0 radical (unpaired) electrons. The Morgan fingerprint density at radius 2 is 2.32 bits per heavy atom. The van der Waals surface area contributed by atoms with Crippen LogP contribution < -0.4 is 5.32 Å². The molecule has 1 fully saturated rings. The second-order valence-corrected chi connectivity index (χ2v) is 6.63. The number of aromatic nitrogens is 5. The molecule has 0 saturated carbocycles. The van der Waals surface area contributed by atoms with E-state index in [0.29, 0.717) is 23.7 Å². The van der Waals surface area contributed by atoms with Gasteiger partial charge in [-0.25, -0.2) is 14.5 Å². The Kier molecular flexibility index (Phi) is 4.19. The number of fused-ring (bicyclic) bond motifs is 1. The topological polar surface area (TPSA) is 91.2 Å². The number of carbonyl (C=O) groups excluding carboxylic acids is 1. The van der Waals surface area contributed by atoms with Gasteiger partial charge in [0.15, 0.2) is 5.65 Å². The summed E-state index contributed by atoms with van der Waals surface area (Å²) in [7, 11) is 0. The zero-order valence-electron chi connectivity index (χ0n) is 14.1. The average molecular weight is 339 g/mol. The lowest BCUT2D eigenvalue weighted by atomic mass is 10.1. The third-order valence-corrected chi connectivity index (χ3v) is 4.60. The van der Waals surface area contributed by atoms with Crippen molar-refractivity contribution in [2.75, 3.05) is 19.6 Å². The highest BCUT2D eigenvalue weighted by Gasteiger charge is 2.24. The number of rotatable bonds is 5. The Balaban J connectivity index is 1.33. The number of H-pyrrole nitrogens is 1. The van der Waals surface area contributed by atoms with Gasteiger partial charge in [0.1, 0.15) is 5.56 Å². The minimum absolute atomic E-state index is 0.113. The van der Waals surface area contributed by atoms with Crippen LogP contribution in [0.3, 0.4) is 0 Å². The molecule has 3 aromatic heterocycles. The molecule has 0 aromatic carbocycles. The van der Waals surface area contributed by atoms with E-state index < -0.39 is 0 Å². The number of imidazole rings is 1. The number of hydrogen-bond acceptors (Lipinski definition) is 5. The molecule has 0 bridgehead atoms.